The minimum absolute atomic E-state index is 0.0756. The van der Waals surface area contributed by atoms with Crippen LogP contribution in [0.25, 0.3) is 0 Å². The number of rotatable bonds is 5. The van der Waals surface area contributed by atoms with Crippen LogP contribution in [-0.4, -0.2) is 54.8 Å². The van der Waals surface area contributed by atoms with E-state index in [0.717, 1.165) is 13.1 Å². The molecule has 0 aromatic heterocycles. The smallest absolute Gasteiger partial charge is 0.250 e. The van der Waals surface area contributed by atoms with Crippen LogP contribution in [0, 0.1) is 0 Å². The van der Waals surface area contributed by atoms with Gasteiger partial charge in [0, 0.05) is 35.2 Å². The third-order valence-electron chi connectivity index (χ3n) is 3.68. The van der Waals surface area contributed by atoms with Gasteiger partial charge in [0.25, 0.3) is 5.91 Å². The van der Waals surface area contributed by atoms with Gasteiger partial charge < -0.3 is 15.2 Å². The number of nitrogens with one attached hydrogen (secondary N) is 1. The van der Waals surface area contributed by atoms with E-state index in [0.29, 0.717) is 28.8 Å². The van der Waals surface area contributed by atoms with E-state index in [1.165, 1.54) is 0 Å². The first-order valence-corrected chi connectivity index (χ1v) is 8.01. The Bertz CT molecular complexity index is 528. The van der Waals surface area contributed by atoms with E-state index in [4.69, 9.17) is 27.9 Å². The van der Waals surface area contributed by atoms with E-state index in [2.05, 4.69) is 10.2 Å². The molecule has 1 aromatic carbocycles. The molecule has 0 spiro atoms. The fourth-order valence-electron chi connectivity index (χ4n) is 2.34. The zero-order chi connectivity index (χ0) is 16.1. The van der Waals surface area contributed by atoms with Gasteiger partial charge in [-0.05, 0) is 18.7 Å². The van der Waals surface area contributed by atoms with Crippen molar-refractivity contribution in [2.45, 2.75) is 19.1 Å². The largest absolute Gasteiger partial charge is 0.387 e. The maximum atomic E-state index is 12.1. The second kappa shape index (κ2) is 8.13. The lowest BCUT2D eigenvalue weighted by atomic mass is 10.1. The SMILES string of the molecule is CCN1CCOC(C(=O)NCC(O)c2ccc(Cl)cc2Cl)C1. The molecule has 2 N–H and O–H groups in total. The maximum absolute atomic E-state index is 12.1. The lowest BCUT2D eigenvalue weighted by Crippen LogP contribution is -2.50. The van der Waals surface area contributed by atoms with Crippen LogP contribution in [0.1, 0.15) is 18.6 Å². The third-order valence-corrected chi connectivity index (χ3v) is 4.24. The number of likely N-dealkylation sites (N-methyl/N-ethyl adjacent to an activating group) is 1. The highest BCUT2D eigenvalue weighted by Gasteiger charge is 2.26. The van der Waals surface area contributed by atoms with Crippen LogP contribution in [0.4, 0.5) is 0 Å². The number of amides is 1. The number of hydrogen-bond acceptors (Lipinski definition) is 4. The highest BCUT2D eigenvalue weighted by atomic mass is 35.5. The Kier molecular flexibility index (Phi) is 6.47. The average Bonchev–Trinajstić information content (AvgIpc) is 2.52. The number of nitrogens with zero attached hydrogens (tertiary/aromatic N) is 1. The minimum atomic E-state index is -0.889. The van der Waals surface area contributed by atoms with Gasteiger partial charge in [-0.25, -0.2) is 0 Å². The number of morpholine rings is 1. The quantitative estimate of drug-likeness (QED) is 0.854. The lowest BCUT2D eigenvalue weighted by molar-refractivity contribution is -0.138. The standard InChI is InChI=1S/C15H20Cl2N2O3/c1-2-19-5-6-22-14(9-19)15(21)18-8-13(20)11-4-3-10(16)7-12(11)17/h3-4,7,13-14,20H,2,5-6,8-9H2,1H3,(H,18,21). The van der Waals surface area contributed by atoms with Crippen molar-refractivity contribution in [1.82, 2.24) is 10.2 Å². The molecule has 2 atom stereocenters. The van der Waals surface area contributed by atoms with Crippen molar-refractivity contribution in [3.8, 4) is 0 Å². The molecular weight excluding hydrogens is 327 g/mol. The molecule has 1 heterocycles. The summed E-state index contributed by atoms with van der Waals surface area (Å²) in [5.41, 5.74) is 0.533. The van der Waals surface area contributed by atoms with Gasteiger partial charge >= 0.3 is 0 Å². The number of ether oxygens (including phenoxy) is 1. The van der Waals surface area contributed by atoms with Crippen LogP contribution < -0.4 is 5.32 Å². The summed E-state index contributed by atoms with van der Waals surface area (Å²) in [7, 11) is 0. The van der Waals surface area contributed by atoms with E-state index in [1.54, 1.807) is 18.2 Å². The van der Waals surface area contributed by atoms with Crippen molar-refractivity contribution in [3.05, 3.63) is 33.8 Å². The second-order valence-electron chi connectivity index (χ2n) is 5.18. The van der Waals surface area contributed by atoms with Gasteiger partial charge in [-0.2, -0.15) is 0 Å². The molecule has 1 aliphatic rings. The Hall–Kier alpha value is -0.850. The molecule has 0 saturated carbocycles. The summed E-state index contributed by atoms with van der Waals surface area (Å²) < 4.78 is 5.47. The molecule has 2 unspecified atom stereocenters. The van der Waals surface area contributed by atoms with Gasteiger partial charge in [0.15, 0.2) is 0 Å². The van der Waals surface area contributed by atoms with Crippen molar-refractivity contribution in [3.63, 3.8) is 0 Å². The van der Waals surface area contributed by atoms with Gasteiger partial charge in [-0.3, -0.25) is 9.69 Å². The third kappa shape index (κ3) is 4.57. The molecule has 22 heavy (non-hydrogen) atoms. The number of carbonyl (C=O) groups is 1. The predicted octanol–water partition coefficient (Wildman–Crippen LogP) is 1.86. The highest BCUT2D eigenvalue weighted by Crippen LogP contribution is 2.25. The van der Waals surface area contributed by atoms with Gasteiger partial charge in [-0.15, -0.1) is 0 Å². The number of benzene rings is 1. The van der Waals surface area contributed by atoms with Gasteiger partial charge in [0.2, 0.25) is 0 Å². The molecule has 1 saturated heterocycles. The summed E-state index contributed by atoms with van der Waals surface area (Å²) in [5, 5.41) is 13.7. The van der Waals surface area contributed by atoms with Crippen LogP contribution >= 0.6 is 23.2 Å². The monoisotopic (exact) mass is 346 g/mol. The number of hydrogen-bond donors (Lipinski definition) is 2. The molecule has 1 aliphatic heterocycles. The molecule has 1 amide bonds. The summed E-state index contributed by atoms with van der Waals surface area (Å²) >= 11 is 11.9. The van der Waals surface area contributed by atoms with Gasteiger partial charge in [0.1, 0.15) is 6.10 Å². The van der Waals surface area contributed by atoms with Crippen molar-refractivity contribution in [2.75, 3.05) is 32.8 Å². The maximum Gasteiger partial charge on any atom is 0.250 e. The number of carbonyl (C=O) groups excluding carboxylic acids is 1. The predicted molar refractivity (Wildman–Crippen MR) is 86.3 cm³/mol. The van der Waals surface area contributed by atoms with Crippen LogP contribution in [0.15, 0.2) is 18.2 Å². The van der Waals surface area contributed by atoms with E-state index < -0.39 is 12.2 Å². The van der Waals surface area contributed by atoms with E-state index in [-0.39, 0.29) is 12.5 Å². The Labute approximate surface area is 140 Å². The normalized spacial score (nSPS) is 20.6. The molecule has 1 aromatic rings. The van der Waals surface area contributed by atoms with Crippen molar-refractivity contribution < 1.29 is 14.6 Å². The molecule has 0 aliphatic carbocycles. The molecule has 7 heteroatoms. The van der Waals surface area contributed by atoms with Crippen LogP contribution in [0.5, 0.6) is 0 Å². The summed E-state index contributed by atoms with van der Waals surface area (Å²) in [5.74, 6) is -0.220. The first-order valence-electron chi connectivity index (χ1n) is 7.26. The van der Waals surface area contributed by atoms with Crippen LogP contribution in [0.2, 0.25) is 10.0 Å². The first kappa shape index (κ1) is 17.5. The zero-order valence-electron chi connectivity index (χ0n) is 12.4. The Morgan fingerprint density at radius 2 is 2.32 bits per heavy atom. The lowest BCUT2D eigenvalue weighted by Gasteiger charge is -2.31. The fraction of sp³-hybridized carbons (Fsp3) is 0.533. The van der Waals surface area contributed by atoms with E-state index in [1.807, 2.05) is 6.92 Å². The number of halogens is 2. The molecule has 122 valence electrons. The summed E-state index contributed by atoms with van der Waals surface area (Å²) in [6, 6.07) is 4.86. The second-order valence-corrected chi connectivity index (χ2v) is 6.02. The number of aliphatic hydroxyl groups excluding tert-OH is 1. The minimum Gasteiger partial charge on any atom is -0.387 e. The Morgan fingerprint density at radius 3 is 3.00 bits per heavy atom. The molecule has 5 nitrogen and oxygen atoms in total. The Morgan fingerprint density at radius 1 is 1.55 bits per heavy atom. The molecule has 0 bridgehead atoms. The van der Waals surface area contributed by atoms with Crippen molar-refractivity contribution in [1.29, 1.82) is 0 Å². The zero-order valence-corrected chi connectivity index (χ0v) is 13.9. The first-order chi connectivity index (χ1) is 10.5. The number of aliphatic hydroxyl groups is 1. The highest BCUT2D eigenvalue weighted by molar-refractivity contribution is 6.35. The Balaban J connectivity index is 1.87. The summed E-state index contributed by atoms with van der Waals surface area (Å²) in [4.78, 5) is 14.3. The van der Waals surface area contributed by atoms with E-state index in [9.17, 15) is 9.90 Å². The summed E-state index contributed by atoms with van der Waals surface area (Å²) in [6.45, 7) is 4.95. The molecule has 0 radical (unpaired) electrons. The summed E-state index contributed by atoms with van der Waals surface area (Å²) in [6.07, 6.45) is -1.39. The molecule has 2 rings (SSSR count). The van der Waals surface area contributed by atoms with Crippen LogP contribution in [0.3, 0.4) is 0 Å². The average molecular weight is 347 g/mol. The molecule has 1 fully saturated rings. The van der Waals surface area contributed by atoms with Gasteiger partial charge in [0.05, 0.1) is 12.7 Å². The van der Waals surface area contributed by atoms with Crippen molar-refractivity contribution in [2.24, 2.45) is 0 Å². The van der Waals surface area contributed by atoms with Crippen LogP contribution in [-0.2, 0) is 9.53 Å². The topological polar surface area (TPSA) is 61.8 Å². The molecular formula is C15H20Cl2N2O3. The van der Waals surface area contributed by atoms with E-state index >= 15 is 0 Å². The van der Waals surface area contributed by atoms with Gasteiger partial charge in [-0.1, -0.05) is 36.2 Å². The van der Waals surface area contributed by atoms with Crippen molar-refractivity contribution >= 4 is 29.1 Å². The fourth-order valence-corrected chi connectivity index (χ4v) is 2.88.